The molecule has 2 saturated carbocycles. The minimum atomic E-state index is 0.465. The fourth-order valence-electron chi connectivity index (χ4n) is 4.70. The lowest BCUT2D eigenvalue weighted by Crippen LogP contribution is -2.49. The highest BCUT2D eigenvalue weighted by Crippen LogP contribution is 2.49. The van der Waals surface area contributed by atoms with Crippen LogP contribution in [0.1, 0.15) is 45.4 Å². The fourth-order valence-corrected chi connectivity index (χ4v) is 4.70. The second-order valence-corrected chi connectivity index (χ2v) is 9.03. The van der Waals surface area contributed by atoms with E-state index in [1.54, 1.807) is 14.2 Å². The summed E-state index contributed by atoms with van der Waals surface area (Å²) in [4.78, 5) is 7.42. The van der Waals surface area contributed by atoms with E-state index in [2.05, 4.69) is 34.6 Å². The molecule has 0 unspecified atom stereocenters. The summed E-state index contributed by atoms with van der Waals surface area (Å²) >= 11 is 0. The van der Waals surface area contributed by atoms with Gasteiger partial charge in [0.25, 0.3) is 0 Å². The van der Waals surface area contributed by atoms with Crippen molar-refractivity contribution in [2.45, 2.75) is 51.5 Å². The van der Waals surface area contributed by atoms with Crippen molar-refractivity contribution < 1.29 is 9.47 Å². The highest BCUT2D eigenvalue weighted by molar-refractivity contribution is 5.80. The zero-order valence-corrected chi connectivity index (χ0v) is 18.8. The van der Waals surface area contributed by atoms with Crippen LogP contribution in [-0.2, 0) is 0 Å². The second kappa shape index (κ2) is 9.80. The van der Waals surface area contributed by atoms with Gasteiger partial charge < -0.3 is 25.0 Å². The summed E-state index contributed by atoms with van der Waals surface area (Å²) in [5.41, 5.74) is 1.17. The number of hydrogen-bond donors (Lipinski definition) is 2. The molecule has 4 rings (SSSR count). The van der Waals surface area contributed by atoms with E-state index in [1.807, 2.05) is 6.07 Å². The number of ether oxygens (including phenoxy) is 2. The normalized spacial score (nSPS) is 20.4. The summed E-state index contributed by atoms with van der Waals surface area (Å²) in [6.45, 7) is 6.08. The molecule has 2 N–H and O–H groups in total. The smallest absolute Gasteiger partial charge is 0.191 e. The average Bonchev–Trinajstić information content (AvgIpc) is 3.69. The van der Waals surface area contributed by atoms with Crippen molar-refractivity contribution in [1.82, 2.24) is 10.6 Å². The second-order valence-electron chi connectivity index (χ2n) is 9.03. The van der Waals surface area contributed by atoms with Crippen molar-refractivity contribution in [3.8, 4) is 11.5 Å². The van der Waals surface area contributed by atoms with E-state index in [-0.39, 0.29) is 0 Å². The van der Waals surface area contributed by atoms with E-state index in [0.717, 1.165) is 74.2 Å². The predicted molar refractivity (Wildman–Crippen MR) is 123 cm³/mol. The van der Waals surface area contributed by atoms with Gasteiger partial charge in [-0.05, 0) is 63.2 Å². The van der Waals surface area contributed by atoms with Crippen molar-refractivity contribution in [2.75, 3.05) is 45.3 Å². The van der Waals surface area contributed by atoms with Crippen LogP contribution in [0.4, 0.5) is 5.69 Å². The lowest BCUT2D eigenvalue weighted by Gasteiger charge is -2.35. The third-order valence-corrected chi connectivity index (χ3v) is 6.80. The Labute approximate surface area is 181 Å². The maximum Gasteiger partial charge on any atom is 0.191 e. The van der Waals surface area contributed by atoms with Gasteiger partial charge in [0.05, 0.1) is 14.2 Å². The van der Waals surface area contributed by atoms with Gasteiger partial charge in [0, 0.05) is 56.1 Å². The fraction of sp³-hybridized carbons (Fsp3) is 0.708. The number of nitrogens with one attached hydrogen (secondary N) is 2. The van der Waals surface area contributed by atoms with Gasteiger partial charge in [0.15, 0.2) is 5.96 Å². The van der Waals surface area contributed by atoms with Gasteiger partial charge in [0.1, 0.15) is 11.5 Å². The maximum atomic E-state index is 5.43. The number of nitrogens with zero attached hydrogens (tertiary/aromatic N) is 2. The van der Waals surface area contributed by atoms with Gasteiger partial charge in [0.2, 0.25) is 0 Å². The molecular weight excluding hydrogens is 376 g/mol. The molecule has 30 heavy (non-hydrogen) atoms. The molecule has 6 nitrogen and oxygen atoms in total. The maximum absolute atomic E-state index is 5.43. The lowest BCUT2D eigenvalue weighted by molar-refractivity contribution is 0.393. The molecule has 2 aliphatic carbocycles. The Morgan fingerprint density at radius 3 is 2.10 bits per heavy atom. The summed E-state index contributed by atoms with van der Waals surface area (Å²) in [6, 6.07) is 6.58. The zero-order chi connectivity index (χ0) is 20.9. The molecule has 166 valence electrons. The monoisotopic (exact) mass is 414 g/mol. The summed E-state index contributed by atoms with van der Waals surface area (Å²) in [6.07, 6.45) is 7.89. The van der Waals surface area contributed by atoms with Crippen LogP contribution in [0.15, 0.2) is 23.2 Å². The van der Waals surface area contributed by atoms with Crippen molar-refractivity contribution in [1.29, 1.82) is 0 Å². The molecule has 1 saturated heterocycles. The highest BCUT2D eigenvalue weighted by atomic mass is 16.5. The van der Waals surface area contributed by atoms with Crippen molar-refractivity contribution >= 4 is 11.6 Å². The number of guanidine groups is 1. The van der Waals surface area contributed by atoms with E-state index in [0.29, 0.717) is 6.04 Å². The molecule has 0 spiro atoms. The number of rotatable bonds is 9. The Bertz CT molecular complexity index is 688. The van der Waals surface area contributed by atoms with Crippen molar-refractivity contribution in [3.05, 3.63) is 18.2 Å². The molecule has 1 heterocycles. The first kappa shape index (κ1) is 21.1. The topological polar surface area (TPSA) is 58.1 Å². The van der Waals surface area contributed by atoms with Crippen LogP contribution < -0.4 is 25.0 Å². The molecule has 0 radical (unpaired) electrons. The van der Waals surface area contributed by atoms with Crippen LogP contribution in [0, 0.1) is 17.8 Å². The van der Waals surface area contributed by atoms with Crippen LogP contribution in [-0.4, -0.2) is 52.4 Å². The first-order chi connectivity index (χ1) is 14.7. The lowest BCUT2D eigenvalue weighted by atomic mass is 9.98. The van der Waals surface area contributed by atoms with E-state index < -0.39 is 0 Å². The van der Waals surface area contributed by atoms with E-state index >= 15 is 0 Å². The highest BCUT2D eigenvalue weighted by Gasteiger charge is 2.41. The summed E-state index contributed by atoms with van der Waals surface area (Å²) in [5, 5.41) is 7.18. The summed E-state index contributed by atoms with van der Waals surface area (Å²) in [5.74, 6) is 5.41. The van der Waals surface area contributed by atoms with Crippen LogP contribution in [0.25, 0.3) is 0 Å². The van der Waals surface area contributed by atoms with E-state index in [4.69, 9.17) is 14.5 Å². The number of benzene rings is 1. The van der Waals surface area contributed by atoms with Gasteiger partial charge >= 0.3 is 0 Å². The molecule has 1 aromatic carbocycles. The summed E-state index contributed by atoms with van der Waals surface area (Å²) in [7, 11) is 3.40. The Kier molecular flexibility index (Phi) is 6.90. The molecule has 0 bridgehead atoms. The molecular formula is C24H38N4O2. The molecule has 0 amide bonds. The number of methoxy groups -OCH3 is 2. The molecule has 1 aliphatic heterocycles. The number of anilines is 1. The van der Waals surface area contributed by atoms with Crippen LogP contribution in [0.3, 0.4) is 0 Å². The Morgan fingerprint density at radius 2 is 1.60 bits per heavy atom. The average molecular weight is 415 g/mol. The van der Waals surface area contributed by atoms with Gasteiger partial charge in [-0.1, -0.05) is 0 Å². The molecule has 3 aliphatic rings. The van der Waals surface area contributed by atoms with Crippen LogP contribution >= 0.6 is 0 Å². The van der Waals surface area contributed by atoms with Gasteiger partial charge in [-0.2, -0.15) is 0 Å². The minimum Gasteiger partial charge on any atom is -0.497 e. The van der Waals surface area contributed by atoms with E-state index in [1.165, 1.54) is 31.4 Å². The standard InChI is InChI=1S/C24H38N4O2/c1-4-25-24(26-16-23(17-5-6-17)18-7-8-18)27-19-9-11-28(12-10-19)20-13-21(29-2)15-22(14-20)30-3/h13-15,17-19,23H,4-12,16H2,1-3H3,(H2,25,26,27). The van der Waals surface area contributed by atoms with Gasteiger partial charge in [-0.25, -0.2) is 0 Å². The molecule has 6 heteroatoms. The first-order valence-electron chi connectivity index (χ1n) is 11.7. The quantitative estimate of drug-likeness (QED) is 0.477. The van der Waals surface area contributed by atoms with Crippen LogP contribution in [0.2, 0.25) is 0 Å². The van der Waals surface area contributed by atoms with Crippen molar-refractivity contribution in [2.24, 2.45) is 22.7 Å². The minimum absolute atomic E-state index is 0.465. The van der Waals surface area contributed by atoms with Crippen LogP contribution in [0.5, 0.6) is 11.5 Å². The molecule has 0 atom stereocenters. The Hall–Kier alpha value is -2.11. The summed E-state index contributed by atoms with van der Waals surface area (Å²) < 4.78 is 10.9. The van der Waals surface area contributed by atoms with Gasteiger partial charge in [-0.15, -0.1) is 0 Å². The first-order valence-corrected chi connectivity index (χ1v) is 11.7. The Balaban J connectivity index is 1.32. The van der Waals surface area contributed by atoms with E-state index in [9.17, 15) is 0 Å². The third kappa shape index (κ3) is 5.52. The van der Waals surface area contributed by atoms with Crippen molar-refractivity contribution in [3.63, 3.8) is 0 Å². The SMILES string of the molecule is CCNC(=NCC(C1CC1)C1CC1)NC1CCN(c2cc(OC)cc(OC)c2)CC1. The predicted octanol–water partition coefficient (Wildman–Crippen LogP) is 3.66. The largest absolute Gasteiger partial charge is 0.497 e. The van der Waals surface area contributed by atoms with Gasteiger partial charge in [-0.3, -0.25) is 4.99 Å². The molecule has 0 aromatic heterocycles. The number of hydrogen-bond acceptors (Lipinski definition) is 4. The third-order valence-electron chi connectivity index (χ3n) is 6.80. The number of piperidine rings is 1. The zero-order valence-electron chi connectivity index (χ0n) is 18.8. The molecule has 3 fully saturated rings. The number of aliphatic imine (C=N–C) groups is 1. The Morgan fingerprint density at radius 1 is 1.00 bits per heavy atom. The molecule has 1 aromatic rings.